The van der Waals surface area contributed by atoms with Crippen molar-refractivity contribution in [3.63, 3.8) is 0 Å². The van der Waals surface area contributed by atoms with Crippen LogP contribution in [0, 0.1) is 16.7 Å². The quantitative estimate of drug-likeness (QED) is 0.812. The molecule has 1 amide bonds. The second-order valence-electron chi connectivity index (χ2n) is 3.85. The van der Waals surface area contributed by atoms with E-state index < -0.39 is 5.41 Å². The van der Waals surface area contributed by atoms with Crippen molar-refractivity contribution in [3.05, 3.63) is 18.6 Å². The summed E-state index contributed by atoms with van der Waals surface area (Å²) in [5.74, 6) is 0.0300. The number of amides is 1. The Balaban J connectivity index is 2.11. The summed E-state index contributed by atoms with van der Waals surface area (Å²) in [7, 11) is 0. The van der Waals surface area contributed by atoms with Gasteiger partial charge in [0.2, 0.25) is 5.91 Å². The van der Waals surface area contributed by atoms with E-state index in [1.54, 1.807) is 0 Å². The second kappa shape index (κ2) is 4.89. The molecule has 2 rings (SSSR count). The number of nitrogens with one attached hydrogen (secondary N) is 1. The van der Waals surface area contributed by atoms with Crippen LogP contribution in [0.3, 0.4) is 0 Å². The van der Waals surface area contributed by atoms with Crippen LogP contribution in [0.4, 0.5) is 5.82 Å². The van der Waals surface area contributed by atoms with Crippen LogP contribution in [0.25, 0.3) is 0 Å². The lowest BCUT2D eigenvalue weighted by Crippen LogP contribution is -2.40. The maximum absolute atomic E-state index is 12.1. The third kappa shape index (κ3) is 2.40. The number of carbonyl (C=O) groups is 1. The highest BCUT2D eigenvalue weighted by atomic mass is 16.5. The summed E-state index contributed by atoms with van der Waals surface area (Å²) in [6.07, 6.45) is 5.27. The molecule has 1 aromatic heterocycles. The van der Waals surface area contributed by atoms with Crippen LogP contribution in [0.1, 0.15) is 12.8 Å². The minimum Gasteiger partial charge on any atom is -0.381 e. The first-order valence-corrected chi connectivity index (χ1v) is 5.33. The van der Waals surface area contributed by atoms with Crippen molar-refractivity contribution in [1.82, 2.24) is 9.97 Å². The van der Waals surface area contributed by atoms with E-state index in [4.69, 9.17) is 4.74 Å². The number of hydrogen-bond acceptors (Lipinski definition) is 5. The molecule has 0 atom stereocenters. The van der Waals surface area contributed by atoms with Crippen molar-refractivity contribution in [2.75, 3.05) is 18.5 Å². The van der Waals surface area contributed by atoms with E-state index in [2.05, 4.69) is 21.4 Å². The molecule has 1 aliphatic rings. The van der Waals surface area contributed by atoms with Gasteiger partial charge in [0.25, 0.3) is 0 Å². The predicted octanol–water partition coefficient (Wildman–Crippen LogP) is 0.735. The van der Waals surface area contributed by atoms with E-state index in [1.165, 1.54) is 18.6 Å². The first-order valence-electron chi connectivity index (χ1n) is 5.33. The van der Waals surface area contributed by atoms with Gasteiger partial charge in [0, 0.05) is 25.6 Å². The fraction of sp³-hybridized carbons (Fsp3) is 0.455. The zero-order chi connectivity index (χ0) is 12.1. The Morgan fingerprint density at radius 1 is 1.47 bits per heavy atom. The largest absolute Gasteiger partial charge is 0.381 e. The van der Waals surface area contributed by atoms with Gasteiger partial charge >= 0.3 is 0 Å². The molecule has 1 aromatic rings. The van der Waals surface area contributed by atoms with Crippen molar-refractivity contribution in [1.29, 1.82) is 5.26 Å². The molecule has 0 aliphatic carbocycles. The summed E-state index contributed by atoms with van der Waals surface area (Å²) in [6.45, 7) is 0.864. The van der Waals surface area contributed by atoms with Crippen LogP contribution >= 0.6 is 0 Å². The minimum atomic E-state index is -1.00. The minimum absolute atomic E-state index is 0.330. The van der Waals surface area contributed by atoms with Gasteiger partial charge in [0.05, 0.1) is 12.3 Å². The average Bonchev–Trinajstić information content (AvgIpc) is 2.40. The zero-order valence-corrected chi connectivity index (χ0v) is 9.22. The van der Waals surface area contributed by atoms with Crippen molar-refractivity contribution in [3.8, 4) is 6.07 Å². The third-order valence-electron chi connectivity index (χ3n) is 2.80. The molecule has 88 valence electrons. The summed E-state index contributed by atoms with van der Waals surface area (Å²) in [5, 5.41) is 11.8. The molecule has 17 heavy (non-hydrogen) atoms. The van der Waals surface area contributed by atoms with Gasteiger partial charge in [0.1, 0.15) is 5.41 Å². The second-order valence-corrected chi connectivity index (χ2v) is 3.85. The van der Waals surface area contributed by atoms with E-state index in [0.29, 0.717) is 31.9 Å². The smallest absolute Gasteiger partial charge is 0.246 e. The lowest BCUT2D eigenvalue weighted by atomic mass is 9.81. The zero-order valence-electron chi connectivity index (χ0n) is 9.22. The van der Waals surface area contributed by atoms with Crippen LogP contribution in [0.15, 0.2) is 18.6 Å². The highest BCUT2D eigenvalue weighted by Gasteiger charge is 2.40. The van der Waals surface area contributed by atoms with E-state index >= 15 is 0 Å². The monoisotopic (exact) mass is 232 g/mol. The number of rotatable bonds is 2. The molecular weight excluding hydrogens is 220 g/mol. The number of nitriles is 1. The topological polar surface area (TPSA) is 87.9 Å². The van der Waals surface area contributed by atoms with E-state index in [0.717, 1.165) is 0 Å². The van der Waals surface area contributed by atoms with Crippen molar-refractivity contribution in [2.45, 2.75) is 12.8 Å². The first-order chi connectivity index (χ1) is 8.27. The molecule has 0 bridgehead atoms. The summed E-state index contributed by atoms with van der Waals surface area (Å²) in [5.41, 5.74) is -1.00. The molecule has 0 radical (unpaired) electrons. The molecular formula is C11H12N4O2. The highest BCUT2D eigenvalue weighted by Crippen LogP contribution is 2.30. The molecule has 0 spiro atoms. The normalized spacial score (nSPS) is 18.1. The summed E-state index contributed by atoms with van der Waals surface area (Å²) < 4.78 is 5.17. The fourth-order valence-electron chi connectivity index (χ4n) is 1.71. The number of anilines is 1. The van der Waals surface area contributed by atoms with Crippen LogP contribution in [-0.4, -0.2) is 29.1 Å². The van der Waals surface area contributed by atoms with E-state index in [1.807, 2.05) is 0 Å². The molecule has 6 nitrogen and oxygen atoms in total. The van der Waals surface area contributed by atoms with E-state index in [-0.39, 0.29) is 5.91 Å². The van der Waals surface area contributed by atoms with Gasteiger partial charge in [-0.1, -0.05) is 0 Å². The maximum Gasteiger partial charge on any atom is 0.246 e. The first kappa shape index (κ1) is 11.5. The van der Waals surface area contributed by atoms with Crippen LogP contribution in [-0.2, 0) is 9.53 Å². The Morgan fingerprint density at radius 3 is 2.82 bits per heavy atom. The SMILES string of the molecule is N#CC1(C(=O)Nc2cnccn2)CCOCC1. The van der Waals surface area contributed by atoms with Gasteiger partial charge in [-0.15, -0.1) is 0 Å². The highest BCUT2D eigenvalue weighted by molar-refractivity contribution is 5.96. The molecule has 2 heterocycles. The molecule has 1 aliphatic heterocycles. The molecule has 6 heteroatoms. The third-order valence-corrected chi connectivity index (χ3v) is 2.80. The van der Waals surface area contributed by atoms with Crippen LogP contribution in [0.5, 0.6) is 0 Å². The standard InChI is InChI=1S/C11H12N4O2/c12-8-11(1-5-17-6-2-11)10(16)15-9-7-13-3-4-14-9/h3-4,7H,1-2,5-6H2,(H,14,15,16). The number of ether oxygens (including phenoxy) is 1. The van der Waals surface area contributed by atoms with E-state index in [9.17, 15) is 10.1 Å². The van der Waals surface area contributed by atoms with Crippen molar-refractivity contribution in [2.24, 2.45) is 5.41 Å². The van der Waals surface area contributed by atoms with Gasteiger partial charge in [0.15, 0.2) is 5.82 Å². The number of carbonyl (C=O) groups excluding carboxylic acids is 1. The lowest BCUT2D eigenvalue weighted by Gasteiger charge is -2.28. The summed E-state index contributed by atoms with van der Waals surface area (Å²) in [6, 6.07) is 2.10. The van der Waals surface area contributed by atoms with Gasteiger partial charge in [-0.05, 0) is 12.8 Å². The molecule has 1 fully saturated rings. The Hall–Kier alpha value is -2.00. The van der Waals surface area contributed by atoms with Crippen LogP contribution in [0.2, 0.25) is 0 Å². The Bertz CT molecular complexity index is 435. The van der Waals surface area contributed by atoms with Crippen molar-refractivity contribution >= 4 is 11.7 Å². The number of hydrogen-bond donors (Lipinski definition) is 1. The van der Waals surface area contributed by atoms with Gasteiger partial charge in [-0.25, -0.2) is 4.98 Å². The molecule has 0 saturated carbocycles. The predicted molar refractivity (Wildman–Crippen MR) is 58.8 cm³/mol. The van der Waals surface area contributed by atoms with Crippen LogP contribution < -0.4 is 5.32 Å². The fourth-order valence-corrected chi connectivity index (χ4v) is 1.71. The average molecular weight is 232 g/mol. The van der Waals surface area contributed by atoms with Gasteiger partial charge in [-0.2, -0.15) is 5.26 Å². The van der Waals surface area contributed by atoms with Gasteiger partial charge in [-0.3, -0.25) is 9.78 Å². The molecule has 1 saturated heterocycles. The number of nitrogens with zero attached hydrogens (tertiary/aromatic N) is 3. The Morgan fingerprint density at radius 2 is 2.24 bits per heavy atom. The molecule has 0 aromatic carbocycles. The maximum atomic E-state index is 12.1. The summed E-state index contributed by atoms with van der Waals surface area (Å²) in [4.78, 5) is 19.9. The summed E-state index contributed by atoms with van der Waals surface area (Å²) >= 11 is 0. The molecule has 1 N–H and O–H groups in total. The Kier molecular flexibility index (Phi) is 3.30. The number of aromatic nitrogens is 2. The molecule has 0 unspecified atom stereocenters. The van der Waals surface area contributed by atoms with Crippen molar-refractivity contribution < 1.29 is 9.53 Å². The van der Waals surface area contributed by atoms with Gasteiger partial charge < -0.3 is 10.1 Å². The Labute approximate surface area is 98.6 Å². The lowest BCUT2D eigenvalue weighted by molar-refractivity contribution is -0.126.